The molecule has 0 spiro atoms. The van der Waals surface area contributed by atoms with Crippen LogP contribution >= 0.6 is 11.8 Å². The summed E-state index contributed by atoms with van der Waals surface area (Å²) in [6.07, 6.45) is 0. The van der Waals surface area contributed by atoms with Gasteiger partial charge in [0.1, 0.15) is 0 Å². The largest absolute Gasteiger partial charge is 0.383 e. The highest BCUT2D eigenvalue weighted by atomic mass is 32.2. The summed E-state index contributed by atoms with van der Waals surface area (Å²) in [6.45, 7) is 1.16. The topological polar surface area (TPSA) is 69.0 Å². The van der Waals surface area contributed by atoms with Gasteiger partial charge in [-0.1, -0.05) is 60.3 Å². The number of para-hydroxylation sites is 1. The molecule has 0 aliphatic heterocycles. The minimum Gasteiger partial charge on any atom is -0.383 e. The van der Waals surface area contributed by atoms with E-state index in [1.807, 2.05) is 65.2 Å². The second-order valence-electron chi connectivity index (χ2n) is 5.52. The molecule has 1 amide bonds. The first-order valence-electron chi connectivity index (χ1n) is 8.23. The number of nitrogens with one attached hydrogen (secondary N) is 1. The molecule has 134 valence electrons. The molecule has 0 unspecified atom stereocenters. The Morgan fingerprint density at radius 3 is 2.46 bits per heavy atom. The van der Waals surface area contributed by atoms with E-state index in [-0.39, 0.29) is 11.7 Å². The number of methoxy groups -OCH3 is 1. The van der Waals surface area contributed by atoms with Gasteiger partial charge in [0, 0.05) is 18.4 Å². The highest BCUT2D eigenvalue weighted by Gasteiger charge is 2.15. The van der Waals surface area contributed by atoms with Crippen molar-refractivity contribution in [3.05, 3.63) is 60.7 Å². The van der Waals surface area contributed by atoms with Crippen LogP contribution in [0.5, 0.6) is 0 Å². The standard InChI is InChI=1S/C19H20N4O2S/c1-25-13-12-23-18(15-8-4-2-5-9-15)21-22-19(23)26-14-17(24)20-16-10-6-3-7-11-16/h2-11H,12-14H2,1H3,(H,20,24). The van der Waals surface area contributed by atoms with Gasteiger partial charge < -0.3 is 10.1 Å². The summed E-state index contributed by atoms with van der Waals surface area (Å²) < 4.78 is 7.19. The van der Waals surface area contributed by atoms with Crippen LogP contribution in [0.3, 0.4) is 0 Å². The normalized spacial score (nSPS) is 10.7. The van der Waals surface area contributed by atoms with Crippen LogP contribution in [-0.4, -0.2) is 40.1 Å². The zero-order valence-corrected chi connectivity index (χ0v) is 15.3. The molecule has 1 N–H and O–H groups in total. The Hall–Kier alpha value is -2.64. The molecule has 0 bridgehead atoms. The zero-order chi connectivity index (χ0) is 18.2. The predicted octanol–water partition coefficient (Wildman–Crippen LogP) is 3.32. The Morgan fingerprint density at radius 1 is 1.08 bits per heavy atom. The van der Waals surface area contributed by atoms with E-state index in [4.69, 9.17) is 4.74 Å². The maximum atomic E-state index is 12.2. The number of ether oxygens (including phenoxy) is 1. The fourth-order valence-corrected chi connectivity index (χ4v) is 3.19. The fourth-order valence-electron chi connectivity index (χ4n) is 2.43. The third-order valence-electron chi connectivity index (χ3n) is 3.66. The summed E-state index contributed by atoms with van der Waals surface area (Å²) in [7, 11) is 1.66. The van der Waals surface area contributed by atoms with Crippen LogP contribution in [-0.2, 0) is 16.1 Å². The van der Waals surface area contributed by atoms with E-state index >= 15 is 0 Å². The van der Waals surface area contributed by atoms with Crippen molar-refractivity contribution in [2.24, 2.45) is 0 Å². The minimum absolute atomic E-state index is 0.0799. The summed E-state index contributed by atoms with van der Waals surface area (Å²) in [6, 6.07) is 19.3. The number of nitrogens with zero attached hydrogens (tertiary/aromatic N) is 3. The number of carbonyl (C=O) groups is 1. The first kappa shape index (κ1) is 18.2. The number of hydrogen-bond acceptors (Lipinski definition) is 5. The van der Waals surface area contributed by atoms with Gasteiger partial charge in [-0.25, -0.2) is 0 Å². The Morgan fingerprint density at radius 2 is 1.77 bits per heavy atom. The average molecular weight is 368 g/mol. The number of anilines is 1. The lowest BCUT2D eigenvalue weighted by molar-refractivity contribution is -0.113. The number of hydrogen-bond donors (Lipinski definition) is 1. The van der Waals surface area contributed by atoms with Crippen LogP contribution in [0.2, 0.25) is 0 Å². The van der Waals surface area contributed by atoms with Crippen molar-refractivity contribution in [2.75, 3.05) is 24.8 Å². The van der Waals surface area contributed by atoms with Crippen molar-refractivity contribution < 1.29 is 9.53 Å². The number of rotatable bonds is 8. The van der Waals surface area contributed by atoms with Crippen LogP contribution in [0.15, 0.2) is 65.8 Å². The van der Waals surface area contributed by atoms with Crippen LogP contribution in [0.1, 0.15) is 0 Å². The number of thioether (sulfide) groups is 1. The maximum Gasteiger partial charge on any atom is 0.234 e. The molecule has 3 aromatic rings. The van der Waals surface area contributed by atoms with E-state index in [1.165, 1.54) is 11.8 Å². The first-order chi connectivity index (χ1) is 12.8. The summed E-state index contributed by atoms with van der Waals surface area (Å²) in [5.74, 6) is 0.951. The lowest BCUT2D eigenvalue weighted by Crippen LogP contribution is -2.15. The third kappa shape index (κ3) is 4.71. The molecule has 0 aliphatic rings. The molecular weight excluding hydrogens is 348 g/mol. The summed E-state index contributed by atoms with van der Waals surface area (Å²) >= 11 is 1.36. The Kier molecular flexibility index (Phi) is 6.40. The van der Waals surface area contributed by atoms with Gasteiger partial charge >= 0.3 is 0 Å². The summed E-state index contributed by atoms with van der Waals surface area (Å²) in [4.78, 5) is 12.2. The summed E-state index contributed by atoms with van der Waals surface area (Å²) in [5.41, 5.74) is 1.76. The Balaban J connectivity index is 1.71. The monoisotopic (exact) mass is 368 g/mol. The summed E-state index contributed by atoms with van der Waals surface area (Å²) in [5, 5.41) is 12.1. The van der Waals surface area contributed by atoms with Crippen LogP contribution < -0.4 is 5.32 Å². The highest BCUT2D eigenvalue weighted by Crippen LogP contribution is 2.24. The quantitative estimate of drug-likeness (QED) is 0.618. The van der Waals surface area contributed by atoms with Gasteiger partial charge in [-0.2, -0.15) is 0 Å². The van der Waals surface area contributed by atoms with Crippen molar-refractivity contribution in [1.29, 1.82) is 0 Å². The van der Waals surface area contributed by atoms with Crippen molar-refractivity contribution in [3.8, 4) is 11.4 Å². The molecule has 26 heavy (non-hydrogen) atoms. The average Bonchev–Trinajstić information content (AvgIpc) is 3.09. The zero-order valence-electron chi connectivity index (χ0n) is 14.5. The Labute approximate surface area is 156 Å². The highest BCUT2D eigenvalue weighted by molar-refractivity contribution is 7.99. The van der Waals surface area contributed by atoms with E-state index < -0.39 is 0 Å². The first-order valence-corrected chi connectivity index (χ1v) is 9.22. The van der Waals surface area contributed by atoms with Crippen molar-refractivity contribution in [2.45, 2.75) is 11.7 Å². The SMILES string of the molecule is COCCn1c(SCC(=O)Nc2ccccc2)nnc1-c1ccccc1. The lowest BCUT2D eigenvalue weighted by Gasteiger charge is -2.10. The van der Waals surface area contributed by atoms with Crippen molar-refractivity contribution in [3.63, 3.8) is 0 Å². The molecule has 1 heterocycles. The van der Waals surface area contributed by atoms with E-state index in [1.54, 1.807) is 7.11 Å². The minimum atomic E-state index is -0.0799. The second-order valence-corrected chi connectivity index (χ2v) is 6.46. The maximum absolute atomic E-state index is 12.2. The van der Waals surface area contributed by atoms with Gasteiger partial charge in [0.25, 0.3) is 0 Å². The fraction of sp³-hybridized carbons (Fsp3) is 0.211. The number of amides is 1. The van der Waals surface area contributed by atoms with Gasteiger partial charge in [-0.3, -0.25) is 9.36 Å². The van der Waals surface area contributed by atoms with Crippen LogP contribution in [0.25, 0.3) is 11.4 Å². The van der Waals surface area contributed by atoms with Gasteiger partial charge in [0.15, 0.2) is 11.0 Å². The Bertz CT molecular complexity index is 837. The molecule has 0 atom stereocenters. The smallest absolute Gasteiger partial charge is 0.234 e. The molecule has 2 aromatic carbocycles. The van der Waals surface area contributed by atoms with Gasteiger partial charge in [0.05, 0.1) is 18.9 Å². The van der Waals surface area contributed by atoms with E-state index in [2.05, 4.69) is 15.5 Å². The molecule has 0 fully saturated rings. The number of benzene rings is 2. The molecule has 0 saturated heterocycles. The molecule has 0 aliphatic carbocycles. The molecule has 7 heteroatoms. The molecule has 1 aromatic heterocycles. The molecule has 0 saturated carbocycles. The van der Waals surface area contributed by atoms with Crippen LogP contribution in [0, 0.1) is 0 Å². The van der Waals surface area contributed by atoms with Gasteiger partial charge in [-0.15, -0.1) is 10.2 Å². The van der Waals surface area contributed by atoms with E-state index in [0.717, 1.165) is 17.1 Å². The predicted molar refractivity (Wildman–Crippen MR) is 103 cm³/mol. The van der Waals surface area contributed by atoms with Gasteiger partial charge in [-0.05, 0) is 12.1 Å². The van der Waals surface area contributed by atoms with Gasteiger partial charge in [0.2, 0.25) is 5.91 Å². The molecule has 3 rings (SSSR count). The molecular formula is C19H20N4O2S. The van der Waals surface area contributed by atoms with E-state index in [9.17, 15) is 4.79 Å². The van der Waals surface area contributed by atoms with E-state index in [0.29, 0.717) is 18.3 Å². The number of aromatic nitrogens is 3. The third-order valence-corrected chi connectivity index (χ3v) is 4.62. The second kappa shape index (κ2) is 9.17. The van der Waals surface area contributed by atoms with Crippen molar-refractivity contribution in [1.82, 2.24) is 14.8 Å². The van der Waals surface area contributed by atoms with Crippen LogP contribution in [0.4, 0.5) is 5.69 Å². The molecule has 6 nitrogen and oxygen atoms in total. The lowest BCUT2D eigenvalue weighted by atomic mass is 10.2. The van der Waals surface area contributed by atoms with Crippen molar-refractivity contribution >= 4 is 23.4 Å². The molecule has 0 radical (unpaired) electrons. The number of carbonyl (C=O) groups excluding carboxylic acids is 1.